The van der Waals surface area contributed by atoms with Gasteiger partial charge in [-0.2, -0.15) is 0 Å². The van der Waals surface area contributed by atoms with Crippen molar-refractivity contribution >= 4 is 17.1 Å². The summed E-state index contributed by atoms with van der Waals surface area (Å²) in [5, 5.41) is 2.52. The summed E-state index contributed by atoms with van der Waals surface area (Å²) in [5.74, 6) is 1.60. The lowest BCUT2D eigenvalue weighted by molar-refractivity contribution is 0.0796. The van der Waals surface area contributed by atoms with Crippen molar-refractivity contribution in [2.45, 2.75) is 86.1 Å². The second-order valence-corrected chi connectivity index (χ2v) is 11.6. The molecule has 2 aromatic carbocycles. The van der Waals surface area contributed by atoms with Gasteiger partial charge in [-0.1, -0.05) is 141 Å². The van der Waals surface area contributed by atoms with E-state index in [1.807, 2.05) is 12.3 Å². The molecule has 2 heterocycles. The van der Waals surface area contributed by atoms with Crippen molar-refractivity contribution in [3.8, 4) is 0 Å². The van der Waals surface area contributed by atoms with Gasteiger partial charge in [-0.3, -0.25) is 9.69 Å². The van der Waals surface area contributed by atoms with Crippen LogP contribution in [0.3, 0.4) is 0 Å². The number of nitrogens with zero attached hydrogens (tertiary/aromatic N) is 2. The van der Waals surface area contributed by atoms with Crippen LogP contribution in [0.25, 0.3) is 0 Å². The third kappa shape index (κ3) is 10.5. The molecular weight excluding hydrogens is 484 g/mol. The largest absolute Gasteiger partial charge is 0.292 e. The molecule has 2 unspecified atom stereocenters. The van der Waals surface area contributed by atoms with Crippen LogP contribution < -0.4 is 0 Å². The molecule has 0 spiro atoms. The van der Waals surface area contributed by atoms with Gasteiger partial charge in [0.05, 0.1) is 6.04 Å². The number of ketones is 1. The molecule has 0 bridgehead atoms. The van der Waals surface area contributed by atoms with E-state index >= 15 is 0 Å². The summed E-state index contributed by atoms with van der Waals surface area (Å²) in [7, 11) is 0. The lowest BCUT2D eigenvalue weighted by Crippen LogP contribution is -2.47. The quantitative estimate of drug-likeness (QED) is 0.181. The van der Waals surface area contributed by atoms with Crippen LogP contribution in [0.2, 0.25) is 0 Å². The molecule has 38 heavy (non-hydrogen) atoms. The fraction of sp³-hybridized carbons (Fsp3) is 0.529. The molecule has 2 atom stereocenters. The first-order valence-corrected chi connectivity index (χ1v) is 15.6. The molecule has 1 aliphatic rings. The van der Waals surface area contributed by atoms with Gasteiger partial charge in [-0.25, -0.2) is 4.98 Å². The summed E-state index contributed by atoms with van der Waals surface area (Å²) in [5.41, 5.74) is 2.80. The Balaban J connectivity index is 0.000000236. The van der Waals surface area contributed by atoms with Gasteiger partial charge in [0.15, 0.2) is 10.8 Å². The van der Waals surface area contributed by atoms with E-state index in [1.54, 1.807) is 6.20 Å². The zero-order valence-electron chi connectivity index (χ0n) is 24.6. The van der Waals surface area contributed by atoms with Crippen molar-refractivity contribution in [2.75, 3.05) is 13.1 Å². The van der Waals surface area contributed by atoms with E-state index < -0.39 is 0 Å². The van der Waals surface area contributed by atoms with Crippen molar-refractivity contribution in [1.82, 2.24) is 9.88 Å². The number of thiazole rings is 1. The number of hydrogen-bond acceptors (Lipinski definition) is 4. The van der Waals surface area contributed by atoms with E-state index in [9.17, 15) is 4.79 Å². The number of carbonyl (C=O) groups excluding carboxylic acids is 1. The maximum absolute atomic E-state index is 12.0. The van der Waals surface area contributed by atoms with Gasteiger partial charge in [0, 0.05) is 30.6 Å². The number of benzene rings is 2. The van der Waals surface area contributed by atoms with Gasteiger partial charge in [-0.05, 0) is 23.0 Å². The Morgan fingerprint density at radius 3 is 1.87 bits per heavy atom. The normalized spacial score (nSPS) is 14.9. The highest BCUT2D eigenvalue weighted by molar-refractivity contribution is 7.11. The Morgan fingerprint density at radius 2 is 1.45 bits per heavy atom. The highest BCUT2D eigenvalue weighted by atomic mass is 32.1. The van der Waals surface area contributed by atoms with Crippen LogP contribution in [0.4, 0.5) is 0 Å². The second-order valence-electron chi connectivity index (χ2n) is 10.7. The summed E-state index contributed by atoms with van der Waals surface area (Å²) >= 11 is 1.44. The van der Waals surface area contributed by atoms with Gasteiger partial charge in [0.2, 0.25) is 0 Å². The molecule has 1 aliphatic heterocycles. The van der Waals surface area contributed by atoms with Crippen LogP contribution in [0.5, 0.6) is 0 Å². The van der Waals surface area contributed by atoms with Crippen molar-refractivity contribution < 1.29 is 4.79 Å². The van der Waals surface area contributed by atoms with Crippen LogP contribution in [0.15, 0.2) is 72.2 Å². The van der Waals surface area contributed by atoms with Crippen molar-refractivity contribution in [2.24, 2.45) is 17.8 Å². The molecule has 0 saturated carbocycles. The minimum absolute atomic E-state index is 0.100. The second kappa shape index (κ2) is 18.1. The first-order valence-electron chi connectivity index (χ1n) is 14.7. The Kier molecular flexibility index (Phi) is 15.2. The lowest BCUT2D eigenvalue weighted by atomic mass is 9.88. The lowest BCUT2D eigenvalue weighted by Gasteiger charge is -2.43. The molecule has 0 amide bonds. The van der Waals surface area contributed by atoms with E-state index in [0.29, 0.717) is 17.0 Å². The topological polar surface area (TPSA) is 33.2 Å². The van der Waals surface area contributed by atoms with E-state index in [-0.39, 0.29) is 11.7 Å². The summed E-state index contributed by atoms with van der Waals surface area (Å²) in [4.78, 5) is 18.7. The van der Waals surface area contributed by atoms with E-state index in [0.717, 1.165) is 12.3 Å². The fourth-order valence-corrected chi connectivity index (χ4v) is 5.28. The molecule has 4 rings (SSSR count). The highest BCUT2D eigenvalue weighted by Gasteiger charge is 2.31. The van der Waals surface area contributed by atoms with Crippen molar-refractivity contribution in [3.63, 3.8) is 0 Å². The minimum Gasteiger partial charge on any atom is -0.292 e. The number of likely N-dealkylation sites (tertiary alicyclic amines) is 1. The molecule has 208 valence electrons. The van der Waals surface area contributed by atoms with Crippen LogP contribution in [0.1, 0.15) is 107 Å². The standard InChI is InChI=1S/C17H19N.C13H21NOS.C4H10/c1-14-12-18(13-14)17(15-8-4-2-5-9-15)16-10-6-3-7-11-16;1-4-5-6-7-10(2)11(3)12(15)13-14-8-9-16-13;1-3-4-2/h2-11,14,17H,12-13H2,1H3;8-11H,4-7H2,1-3H3;3-4H2,1-2H3. The van der Waals surface area contributed by atoms with E-state index in [4.69, 9.17) is 0 Å². The fourth-order valence-electron chi connectivity index (χ4n) is 4.61. The Labute approximate surface area is 236 Å². The van der Waals surface area contributed by atoms with Gasteiger partial charge >= 0.3 is 0 Å². The Bertz CT molecular complexity index is 942. The monoisotopic (exact) mass is 534 g/mol. The molecule has 3 nitrogen and oxygen atoms in total. The molecule has 1 fully saturated rings. The molecule has 0 aliphatic carbocycles. The minimum atomic E-state index is 0.100. The van der Waals surface area contributed by atoms with E-state index in [1.165, 1.54) is 67.7 Å². The molecule has 3 aromatic rings. The van der Waals surface area contributed by atoms with Gasteiger partial charge in [-0.15, -0.1) is 11.3 Å². The summed E-state index contributed by atoms with van der Waals surface area (Å²) in [6, 6.07) is 22.1. The van der Waals surface area contributed by atoms with Gasteiger partial charge in [0.1, 0.15) is 0 Å². The van der Waals surface area contributed by atoms with Gasteiger partial charge in [0.25, 0.3) is 0 Å². The number of aromatic nitrogens is 1. The van der Waals surface area contributed by atoms with Crippen LogP contribution >= 0.6 is 11.3 Å². The first kappa shape index (κ1) is 31.9. The summed E-state index contributed by atoms with van der Waals surface area (Å²) in [6.07, 6.45) is 9.22. The molecule has 1 saturated heterocycles. The van der Waals surface area contributed by atoms with Crippen LogP contribution in [-0.2, 0) is 0 Å². The predicted octanol–water partition coefficient (Wildman–Crippen LogP) is 9.71. The number of unbranched alkanes of at least 4 members (excludes halogenated alkanes) is 3. The molecular formula is C34H50N2OS. The highest BCUT2D eigenvalue weighted by Crippen LogP contribution is 2.33. The zero-order chi connectivity index (χ0) is 27.8. The first-order chi connectivity index (χ1) is 18.4. The van der Waals surface area contributed by atoms with Gasteiger partial charge < -0.3 is 0 Å². The SMILES string of the molecule is CC1CN(C(c2ccccc2)c2ccccc2)C1.CCCC.CCCCCC(C)C(C)C(=O)c1nccs1. The molecule has 0 radical (unpaired) electrons. The number of carbonyl (C=O) groups is 1. The van der Waals surface area contributed by atoms with E-state index in [2.05, 4.69) is 105 Å². The van der Waals surface area contributed by atoms with Crippen molar-refractivity contribution in [1.29, 1.82) is 0 Å². The maximum atomic E-state index is 12.0. The third-order valence-corrected chi connectivity index (χ3v) is 8.15. The predicted molar refractivity (Wildman–Crippen MR) is 165 cm³/mol. The number of rotatable bonds is 11. The molecule has 1 aromatic heterocycles. The van der Waals surface area contributed by atoms with Crippen LogP contribution in [0, 0.1) is 17.8 Å². The Morgan fingerprint density at radius 1 is 0.895 bits per heavy atom. The maximum Gasteiger partial charge on any atom is 0.194 e. The smallest absolute Gasteiger partial charge is 0.194 e. The Hall–Kier alpha value is -2.30. The van der Waals surface area contributed by atoms with Crippen molar-refractivity contribution in [3.05, 3.63) is 88.4 Å². The third-order valence-electron chi connectivity index (χ3n) is 7.36. The zero-order valence-corrected chi connectivity index (χ0v) is 25.4. The number of Topliss-reactive ketones (excluding diaryl/α,β-unsaturated/α-hetero) is 1. The molecule has 4 heteroatoms. The summed E-state index contributed by atoms with van der Waals surface area (Å²) < 4.78 is 0. The van der Waals surface area contributed by atoms with Crippen LogP contribution in [-0.4, -0.2) is 28.8 Å². The average molecular weight is 535 g/mol. The molecule has 0 N–H and O–H groups in total. The average Bonchev–Trinajstić information content (AvgIpc) is 3.48. The summed E-state index contributed by atoms with van der Waals surface area (Å²) in [6.45, 7) is 15.5. The number of hydrogen-bond donors (Lipinski definition) is 0.